The van der Waals surface area contributed by atoms with E-state index in [0.29, 0.717) is 36.0 Å². The van der Waals surface area contributed by atoms with E-state index in [0.717, 1.165) is 24.0 Å². The van der Waals surface area contributed by atoms with E-state index in [4.69, 9.17) is 18.9 Å². The second-order valence-electron chi connectivity index (χ2n) is 13.3. The number of benzene rings is 3. The van der Waals surface area contributed by atoms with Crippen molar-refractivity contribution in [1.82, 2.24) is 20.4 Å². The second kappa shape index (κ2) is 13.8. The molecule has 0 radical (unpaired) electrons. The Labute approximate surface area is 284 Å². The molecule has 0 aromatic heterocycles. The minimum absolute atomic E-state index is 0.0736. The summed E-state index contributed by atoms with van der Waals surface area (Å²) in [5.41, 5.74) is 2.20. The topological polar surface area (TPSA) is 136 Å². The molecule has 3 aromatic carbocycles. The van der Waals surface area contributed by atoms with Crippen LogP contribution in [0.4, 0.5) is 0 Å². The van der Waals surface area contributed by atoms with E-state index >= 15 is 0 Å². The molecule has 256 valence electrons. The molecule has 4 bridgehead atoms. The lowest BCUT2D eigenvalue weighted by molar-refractivity contribution is -0.136. The minimum Gasteiger partial charge on any atom is -0.457 e. The number of carbonyl (C=O) groups excluding carboxylic acids is 4. The molecule has 4 aliphatic rings. The van der Waals surface area contributed by atoms with Crippen molar-refractivity contribution in [2.24, 2.45) is 0 Å². The number of fused-ring (bicyclic) bond motifs is 6. The maximum atomic E-state index is 14.0. The van der Waals surface area contributed by atoms with Crippen molar-refractivity contribution in [2.45, 2.75) is 70.4 Å². The summed E-state index contributed by atoms with van der Waals surface area (Å²) in [6.45, 7) is 4.70. The molecule has 3 aromatic rings. The Morgan fingerprint density at radius 1 is 0.959 bits per heavy atom. The van der Waals surface area contributed by atoms with Crippen molar-refractivity contribution in [1.29, 1.82) is 0 Å². The summed E-state index contributed by atoms with van der Waals surface area (Å²) in [7, 11) is 0. The SMILES string of the molecule is CC(C)NC(=O)c1cc2cc(c1)C(=O)N(C1CC1)CC(=O)N[C@@H]1CN(C(=O)Cc3ccc4c(c3)OCO4)CC[C@@H]1OCc1cccc(c1)O2. The number of carbonyl (C=O) groups is 4. The van der Waals surface area contributed by atoms with Crippen LogP contribution >= 0.6 is 0 Å². The van der Waals surface area contributed by atoms with Gasteiger partial charge in [-0.3, -0.25) is 19.2 Å². The molecule has 0 spiro atoms. The first-order valence-corrected chi connectivity index (χ1v) is 16.8. The van der Waals surface area contributed by atoms with Crippen molar-refractivity contribution in [3.8, 4) is 23.0 Å². The van der Waals surface area contributed by atoms with Gasteiger partial charge < -0.3 is 39.4 Å². The minimum atomic E-state index is -0.500. The Kier molecular flexibility index (Phi) is 9.13. The Morgan fingerprint density at radius 3 is 2.61 bits per heavy atom. The molecule has 12 heteroatoms. The predicted octanol–water partition coefficient (Wildman–Crippen LogP) is 3.81. The van der Waals surface area contributed by atoms with Gasteiger partial charge in [-0.15, -0.1) is 0 Å². The molecule has 1 saturated carbocycles. The van der Waals surface area contributed by atoms with Gasteiger partial charge in [0.1, 0.15) is 18.0 Å². The Bertz CT molecular complexity index is 1770. The van der Waals surface area contributed by atoms with E-state index in [1.807, 2.05) is 44.2 Å². The van der Waals surface area contributed by atoms with Crippen LogP contribution in [0, 0.1) is 0 Å². The van der Waals surface area contributed by atoms with Gasteiger partial charge in [0.05, 0.1) is 25.2 Å². The van der Waals surface area contributed by atoms with E-state index in [2.05, 4.69) is 10.6 Å². The zero-order valence-electron chi connectivity index (χ0n) is 27.6. The lowest BCUT2D eigenvalue weighted by Crippen LogP contribution is -2.58. The monoisotopic (exact) mass is 668 g/mol. The van der Waals surface area contributed by atoms with Gasteiger partial charge in [-0.25, -0.2) is 0 Å². The van der Waals surface area contributed by atoms with E-state index in [9.17, 15) is 19.2 Å². The van der Waals surface area contributed by atoms with Crippen molar-refractivity contribution < 1.29 is 38.1 Å². The molecule has 2 atom stereocenters. The summed E-state index contributed by atoms with van der Waals surface area (Å²) < 4.78 is 23.5. The van der Waals surface area contributed by atoms with Gasteiger partial charge in [-0.2, -0.15) is 0 Å². The van der Waals surface area contributed by atoms with Crippen LogP contribution in [-0.4, -0.2) is 84.1 Å². The zero-order valence-corrected chi connectivity index (χ0v) is 27.6. The van der Waals surface area contributed by atoms with Crippen LogP contribution in [0.25, 0.3) is 0 Å². The number of hydrogen-bond donors (Lipinski definition) is 2. The highest BCUT2D eigenvalue weighted by Gasteiger charge is 2.37. The fourth-order valence-corrected chi connectivity index (χ4v) is 6.45. The fraction of sp³-hybridized carbons (Fsp3) is 0.405. The van der Waals surface area contributed by atoms with Crippen LogP contribution in [0.5, 0.6) is 23.0 Å². The number of piperidine rings is 1. The summed E-state index contributed by atoms with van der Waals surface area (Å²) in [5, 5.41) is 5.98. The van der Waals surface area contributed by atoms with Crippen LogP contribution in [0.3, 0.4) is 0 Å². The number of hydrogen-bond acceptors (Lipinski definition) is 8. The smallest absolute Gasteiger partial charge is 0.254 e. The average Bonchev–Trinajstić information content (AvgIpc) is 3.82. The maximum absolute atomic E-state index is 14.0. The lowest BCUT2D eigenvalue weighted by Gasteiger charge is -2.39. The molecule has 4 amide bonds. The first kappa shape index (κ1) is 32.4. The molecule has 3 heterocycles. The highest BCUT2D eigenvalue weighted by atomic mass is 16.7. The number of rotatable bonds is 5. The predicted molar refractivity (Wildman–Crippen MR) is 178 cm³/mol. The third-order valence-electron chi connectivity index (χ3n) is 9.04. The molecule has 7 rings (SSSR count). The number of likely N-dealkylation sites (tertiary alicyclic amines) is 1. The maximum Gasteiger partial charge on any atom is 0.254 e. The van der Waals surface area contributed by atoms with Gasteiger partial charge in [-0.05, 0) is 86.7 Å². The summed E-state index contributed by atoms with van der Waals surface area (Å²) in [6, 6.07) is 17.0. The molecule has 2 N–H and O–H groups in total. The van der Waals surface area contributed by atoms with Crippen molar-refractivity contribution in [3.05, 3.63) is 82.9 Å². The second-order valence-corrected chi connectivity index (χ2v) is 13.3. The summed E-state index contributed by atoms with van der Waals surface area (Å²) in [4.78, 5) is 57.6. The summed E-state index contributed by atoms with van der Waals surface area (Å²) >= 11 is 0. The fourth-order valence-electron chi connectivity index (χ4n) is 6.45. The molecule has 3 aliphatic heterocycles. The molecular formula is C37H40N4O8. The third kappa shape index (κ3) is 7.64. The lowest BCUT2D eigenvalue weighted by atomic mass is 10.00. The summed E-state index contributed by atoms with van der Waals surface area (Å²) in [6.07, 6.45) is 1.89. The first-order chi connectivity index (χ1) is 23.7. The molecular weight excluding hydrogens is 628 g/mol. The largest absolute Gasteiger partial charge is 0.457 e. The Morgan fingerprint density at radius 2 is 1.80 bits per heavy atom. The van der Waals surface area contributed by atoms with Gasteiger partial charge >= 0.3 is 0 Å². The molecule has 2 fully saturated rings. The van der Waals surface area contributed by atoms with E-state index in [-0.39, 0.29) is 85.9 Å². The van der Waals surface area contributed by atoms with Crippen LogP contribution in [0.1, 0.15) is 65.0 Å². The highest BCUT2D eigenvalue weighted by Crippen LogP contribution is 2.33. The van der Waals surface area contributed by atoms with Gasteiger partial charge in [0.25, 0.3) is 11.8 Å². The number of amides is 4. The quantitative estimate of drug-likeness (QED) is 0.419. The molecule has 49 heavy (non-hydrogen) atoms. The Balaban J connectivity index is 1.15. The summed E-state index contributed by atoms with van der Waals surface area (Å²) in [5.74, 6) is 1.03. The third-order valence-corrected chi connectivity index (χ3v) is 9.04. The molecule has 12 nitrogen and oxygen atoms in total. The van der Waals surface area contributed by atoms with Gasteiger partial charge in [-0.1, -0.05) is 18.2 Å². The number of nitrogens with one attached hydrogen (secondary N) is 2. The van der Waals surface area contributed by atoms with Crippen LogP contribution < -0.4 is 24.8 Å². The van der Waals surface area contributed by atoms with E-state index < -0.39 is 6.04 Å². The molecule has 0 unspecified atom stereocenters. The van der Waals surface area contributed by atoms with Crippen molar-refractivity contribution in [2.75, 3.05) is 26.4 Å². The van der Waals surface area contributed by atoms with E-state index in [1.165, 1.54) is 0 Å². The highest BCUT2D eigenvalue weighted by molar-refractivity contribution is 6.01. The van der Waals surface area contributed by atoms with Gasteiger partial charge in [0.15, 0.2) is 11.5 Å². The number of ether oxygens (including phenoxy) is 4. The van der Waals surface area contributed by atoms with E-state index in [1.54, 1.807) is 40.1 Å². The number of nitrogens with zero attached hydrogens (tertiary/aromatic N) is 2. The van der Waals surface area contributed by atoms with Crippen LogP contribution in [-0.2, 0) is 27.4 Å². The van der Waals surface area contributed by atoms with Gasteiger partial charge in [0, 0.05) is 36.3 Å². The molecule has 1 saturated heterocycles. The molecule has 1 aliphatic carbocycles. The zero-order chi connectivity index (χ0) is 34.1. The van der Waals surface area contributed by atoms with Crippen LogP contribution in [0.15, 0.2) is 60.7 Å². The van der Waals surface area contributed by atoms with Crippen molar-refractivity contribution >= 4 is 23.6 Å². The van der Waals surface area contributed by atoms with Crippen molar-refractivity contribution in [3.63, 3.8) is 0 Å². The normalized spacial score (nSPS) is 20.7. The van der Waals surface area contributed by atoms with Gasteiger partial charge in [0.2, 0.25) is 18.6 Å². The standard InChI is InChI=1S/C37H40N4O8/c1-22(2)38-36(44)25-15-26-17-29(16-25)49-28-5-3-4-24(12-28)20-46-31-10-11-40(35(43)14-23-6-9-32-33(13-23)48-21-47-32)18-30(31)39-34(42)19-41(37(26)45)27-7-8-27/h3-6,9,12-13,15-17,22,27,30-31H,7-8,10-11,14,18-21H2,1-2H3,(H,38,44)(H,39,42)/t30-,31+/m1/s1. The Hall–Kier alpha value is -5.10. The average molecular weight is 669 g/mol. The van der Waals surface area contributed by atoms with Crippen LogP contribution in [0.2, 0.25) is 0 Å². The first-order valence-electron chi connectivity index (χ1n) is 16.8.